The summed E-state index contributed by atoms with van der Waals surface area (Å²) < 4.78 is 5.72. The van der Waals surface area contributed by atoms with Crippen LogP contribution in [0.15, 0.2) is 22.5 Å². The first-order valence-electron chi connectivity index (χ1n) is 4.53. The van der Waals surface area contributed by atoms with E-state index in [0.29, 0.717) is 6.10 Å². The van der Waals surface area contributed by atoms with Gasteiger partial charge in [-0.3, -0.25) is 0 Å². The Morgan fingerprint density at radius 1 is 1.17 bits per heavy atom. The fraction of sp³-hybridized carbons (Fsp3) is 0.636. The molecule has 1 saturated heterocycles. The minimum absolute atomic E-state index is 0.361. The third-order valence-corrected chi connectivity index (χ3v) is 2.14. The molecule has 1 rings (SSSR count). The van der Waals surface area contributed by atoms with Gasteiger partial charge in [-0.1, -0.05) is 5.57 Å². The highest BCUT2D eigenvalue weighted by Crippen LogP contribution is 2.33. The van der Waals surface area contributed by atoms with Crippen LogP contribution >= 0.6 is 0 Å². The molecule has 0 bridgehead atoms. The molecule has 1 fully saturated rings. The molecule has 0 aromatic carbocycles. The van der Waals surface area contributed by atoms with Crippen molar-refractivity contribution < 1.29 is 4.74 Å². The number of rotatable bonds is 0. The molecular formula is C11H18O. The summed E-state index contributed by atoms with van der Waals surface area (Å²) in [6, 6.07) is 0. The molecule has 68 valence electrons. The molecule has 0 radical (unpaired) electrons. The zero-order chi connectivity index (χ0) is 9.30. The van der Waals surface area contributed by atoms with Crippen LogP contribution in [0.5, 0.6) is 0 Å². The van der Waals surface area contributed by atoms with Crippen LogP contribution in [-0.2, 0) is 4.74 Å². The van der Waals surface area contributed by atoms with Crippen LogP contribution in [0.3, 0.4) is 0 Å². The average molecular weight is 166 g/mol. The SMILES string of the molecule is CC(C)=C1CC(C)OC1=C(C)C. The van der Waals surface area contributed by atoms with E-state index in [1.165, 1.54) is 16.7 Å². The molecule has 12 heavy (non-hydrogen) atoms. The van der Waals surface area contributed by atoms with Gasteiger partial charge >= 0.3 is 0 Å². The van der Waals surface area contributed by atoms with Gasteiger partial charge in [0.2, 0.25) is 0 Å². The van der Waals surface area contributed by atoms with E-state index in [0.717, 1.165) is 12.2 Å². The van der Waals surface area contributed by atoms with Crippen molar-refractivity contribution in [1.82, 2.24) is 0 Å². The van der Waals surface area contributed by atoms with Crippen molar-refractivity contribution in [1.29, 1.82) is 0 Å². The van der Waals surface area contributed by atoms with Crippen LogP contribution in [0, 0.1) is 0 Å². The summed E-state index contributed by atoms with van der Waals surface area (Å²) in [5.41, 5.74) is 4.08. The highest BCUT2D eigenvalue weighted by atomic mass is 16.5. The molecule has 0 saturated carbocycles. The maximum absolute atomic E-state index is 5.72. The number of hydrogen-bond donors (Lipinski definition) is 0. The van der Waals surface area contributed by atoms with Gasteiger partial charge in [-0.05, 0) is 45.8 Å². The van der Waals surface area contributed by atoms with Crippen molar-refractivity contribution in [2.24, 2.45) is 0 Å². The van der Waals surface area contributed by atoms with Crippen LogP contribution < -0.4 is 0 Å². The van der Waals surface area contributed by atoms with E-state index >= 15 is 0 Å². The van der Waals surface area contributed by atoms with E-state index < -0.39 is 0 Å². The Hall–Kier alpha value is -0.720. The average Bonchev–Trinajstić information content (AvgIpc) is 2.31. The second-order valence-corrected chi connectivity index (χ2v) is 3.94. The summed E-state index contributed by atoms with van der Waals surface area (Å²) >= 11 is 0. The lowest BCUT2D eigenvalue weighted by Gasteiger charge is -2.05. The van der Waals surface area contributed by atoms with E-state index in [2.05, 4.69) is 34.6 Å². The van der Waals surface area contributed by atoms with Gasteiger partial charge in [0.05, 0.1) is 0 Å². The highest BCUT2D eigenvalue weighted by Gasteiger charge is 2.23. The van der Waals surface area contributed by atoms with Gasteiger partial charge in [0.25, 0.3) is 0 Å². The molecular weight excluding hydrogens is 148 g/mol. The maximum Gasteiger partial charge on any atom is 0.121 e. The molecule has 1 aliphatic heterocycles. The monoisotopic (exact) mass is 166 g/mol. The number of allylic oxidation sites excluding steroid dienone is 3. The number of hydrogen-bond acceptors (Lipinski definition) is 1. The lowest BCUT2D eigenvalue weighted by atomic mass is 10.0. The Morgan fingerprint density at radius 2 is 1.75 bits per heavy atom. The summed E-state index contributed by atoms with van der Waals surface area (Å²) in [4.78, 5) is 0. The molecule has 1 heterocycles. The van der Waals surface area contributed by atoms with Crippen molar-refractivity contribution in [2.45, 2.75) is 47.1 Å². The largest absolute Gasteiger partial charge is 0.490 e. The summed E-state index contributed by atoms with van der Waals surface area (Å²) in [7, 11) is 0. The predicted molar refractivity (Wildman–Crippen MR) is 51.9 cm³/mol. The molecule has 1 unspecified atom stereocenters. The molecule has 1 nitrogen and oxygen atoms in total. The quantitative estimate of drug-likeness (QED) is 0.535. The molecule has 0 aromatic rings. The van der Waals surface area contributed by atoms with Crippen LogP contribution in [0.4, 0.5) is 0 Å². The minimum Gasteiger partial charge on any atom is -0.490 e. The van der Waals surface area contributed by atoms with Gasteiger partial charge in [-0.15, -0.1) is 0 Å². The first kappa shape index (κ1) is 9.37. The molecule has 0 amide bonds. The van der Waals surface area contributed by atoms with Crippen molar-refractivity contribution in [3.63, 3.8) is 0 Å². The number of ether oxygens (including phenoxy) is 1. The third-order valence-electron chi connectivity index (χ3n) is 2.14. The zero-order valence-electron chi connectivity index (χ0n) is 8.69. The minimum atomic E-state index is 0.361. The third kappa shape index (κ3) is 1.71. The second kappa shape index (κ2) is 3.34. The Kier molecular flexibility index (Phi) is 2.61. The molecule has 0 aromatic heterocycles. The van der Waals surface area contributed by atoms with E-state index in [-0.39, 0.29) is 0 Å². The topological polar surface area (TPSA) is 9.23 Å². The molecule has 0 aliphatic carbocycles. The van der Waals surface area contributed by atoms with Crippen LogP contribution in [0.1, 0.15) is 41.0 Å². The van der Waals surface area contributed by atoms with E-state index in [9.17, 15) is 0 Å². The van der Waals surface area contributed by atoms with Gasteiger partial charge in [0.1, 0.15) is 11.9 Å². The first-order chi connectivity index (χ1) is 5.52. The summed E-state index contributed by atoms with van der Waals surface area (Å²) in [5.74, 6) is 1.13. The summed E-state index contributed by atoms with van der Waals surface area (Å²) in [6.45, 7) is 10.6. The van der Waals surface area contributed by atoms with Crippen molar-refractivity contribution >= 4 is 0 Å². The summed E-state index contributed by atoms with van der Waals surface area (Å²) in [6.07, 6.45) is 1.43. The second-order valence-electron chi connectivity index (χ2n) is 3.94. The van der Waals surface area contributed by atoms with Gasteiger partial charge in [-0.25, -0.2) is 0 Å². The lowest BCUT2D eigenvalue weighted by molar-refractivity contribution is 0.176. The zero-order valence-corrected chi connectivity index (χ0v) is 8.69. The normalized spacial score (nSPS) is 22.6. The Balaban J connectivity index is 3.05. The van der Waals surface area contributed by atoms with E-state index in [1.807, 2.05) is 0 Å². The lowest BCUT2D eigenvalue weighted by Crippen LogP contribution is -1.94. The Bertz CT molecular complexity index is 212. The van der Waals surface area contributed by atoms with Gasteiger partial charge < -0.3 is 4.74 Å². The standard InChI is InChI=1S/C11H18O/c1-7(2)10-6-9(5)12-11(10)8(3)4/h9H,6H2,1-5H3. The van der Waals surface area contributed by atoms with Crippen LogP contribution in [-0.4, -0.2) is 6.10 Å². The van der Waals surface area contributed by atoms with E-state index in [1.54, 1.807) is 0 Å². The predicted octanol–water partition coefficient (Wildman–Crippen LogP) is 3.43. The smallest absolute Gasteiger partial charge is 0.121 e. The Morgan fingerprint density at radius 3 is 2.08 bits per heavy atom. The molecule has 1 atom stereocenters. The van der Waals surface area contributed by atoms with Crippen molar-refractivity contribution in [3.8, 4) is 0 Å². The van der Waals surface area contributed by atoms with Gasteiger partial charge in [-0.2, -0.15) is 0 Å². The Labute approximate surface area is 75.1 Å². The summed E-state index contributed by atoms with van der Waals surface area (Å²) in [5, 5.41) is 0. The fourth-order valence-corrected chi connectivity index (χ4v) is 1.54. The molecule has 0 N–H and O–H groups in total. The van der Waals surface area contributed by atoms with Crippen LogP contribution in [0.2, 0.25) is 0 Å². The molecule has 0 spiro atoms. The first-order valence-corrected chi connectivity index (χ1v) is 4.53. The maximum atomic E-state index is 5.72. The molecule has 1 aliphatic rings. The highest BCUT2D eigenvalue weighted by molar-refractivity contribution is 5.36. The van der Waals surface area contributed by atoms with Crippen LogP contribution in [0.25, 0.3) is 0 Å². The van der Waals surface area contributed by atoms with Gasteiger partial charge in [0.15, 0.2) is 0 Å². The van der Waals surface area contributed by atoms with Crippen molar-refractivity contribution in [3.05, 3.63) is 22.5 Å². The molecule has 1 heteroatoms. The van der Waals surface area contributed by atoms with Gasteiger partial charge in [0, 0.05) is 6.42 Å². The fourth-order valence-electron chi connectivity index (χ4n) is 1.54. The van der Waals surface area contributed by atoms with Crippen molar-refractivity contribution in [2.75, 3.05) is 0 Å². The van der Waals surface area contributed by atoms with E-state index in [4.69, 9.17) is 4.74 Å².